The van der Waals surface area contributed by atoms with E-state index in [1.165, 1.54) is 0 Å². The van der Waals surface area contributed by atoms with Crippen molar-refractivity contribution in [3.8, 4) is 0 Å². The predicted octanol–water partition coefficient (Wildman–Crippen LogP) is 2.93. The maximum absolute atomic E-state index is 12.1. The van der Waals surface area contributed by atoms with Crippen LogP contribution in [0.3, 0.4) is 0 Å². The zero-order valence-corrected chi connectivity index (χ0v) is 10.8. The summed E-state index contributed by atoms with van der Waals surface area (Å²) in [5.74, 6) is 0.822. The van der Waals surface area contributed by atoms with Gasteiger partial charge in [-0.15, -0.1) is 0 Å². The summed E-state index contributed by atoms with van der Waals surface area (Å²) in [5.41, 5.74) is 5.60. The molecule has 2 unspecified atom stereocenters. The summed E-state index contributed by atoms with van der Waals surface area (Å²) in [5, 5.41) is 3.77. The van der Waals surface area contributed by atoms with E-state index in [0.29, 0.717) is 11.7 Å². The lowest BCUT2D eigenvalue weighted by molar-refractivity contribution is -0.134. The normalized spacial score (nSPS) is 28.6. The van der Waals surface area contributed by atoms with E-state index in [9.17, 15) is 13.2 Å². The molecule has 2 N–H and O–H groups in total. The second-order valence-corrected chi connectivity index (χ2v) is 5.48. The first-order valence-corrected chi connectivity index (χ1v) is 6.47. The number of nitrogens with two attached hydrogens (primary N) is 1. The molecule has 1 aliphatic rings. The number of aromatic nitrogens is 2. The molecule has 0 radical (unpaired) electrons. The molecule has 2 atom stereocenters. The molecular formula is C12H18F3N3O. The van der Waals surface area contributed by atoms with Crippen LogP contribution in [0.1, 0.15) is 50.7 Å². The Morgan fingerprint density at radius 2 is 2.21 bits per heavy atom. The van der Waals surface area contributed by atoms with E-state index in [4.69, 9.17) is 10.3 Å². The Morgan fingerprint density at radius 1 is 1.47 bits per heavy atom. The number of halogens is 3. The molecule has 19 heavy (non-hydrogen) atoms. The van der Waals surface area contributed by atoms with Gasteiger partial charge >= 0.3 is 6.18 Å². The highest BCUT2D eigenvalue weighted by molar-refractivity contribution is 5.06. The highest BCUT2D eigenvalue weighted by Crippen LogP contribution is 2.36. The van der Waals surface area contributed by atoms with Gasteiger partial charge in [0, 0.05) is 6.42 Å². The lowest BCUT2D eigenvalue weighted by atomic mass is 9.76. The Hall–Kier alpha value is -1.11. The van der Waals surface area contributed by atoms with E-state index in [2.05, 4.69) is 17.1 Å². The van der Waals surface area contributed by atoms with Gasteiger partial charge in [0.05, 0.1) is 12.0 Å². The summed E-state index contributed by atoms with van der Waals surface area (Å²) >= 11 is 0. The molecule has 108 valence electrons. The molecule has 1 heterocycles. The minimum absolute atomic E-state index is 0.00961. The fraction of sp³-hybridized carbons (Fsp3) is 0.833. The summed E-state index contributed by atoms with van der Waals surface area (Å²) in [6.07, 6.45) is -1.89. The second-order valence-electron chi connectivity index (χ2n) is 5.48. The molecule has 1 saturated carbocycles. The number of nitrogens with zero attached hydrogens (tertiary/aromatic N) is 2. The number of aryl methyl sites for hydroxylation is 1. The fourth-order valence-electron chi connectivity index (χ4n) is 2.60. The Bertz CT molecular complexity index is 432. The average molecular weight is 277 g/mol. The fourth-order valence-corrected chi connectivity index (χ4v) is 2.60. The molecule has 0 saturated heterocycles. The largest absolute Gasteiger partial charge is 0.389 e. The van der Waals surface area contributed by atoms with Crippen molar-refractivity contribution in [2.75, 3.05) is 0 Å². The highest BCUT2D eigenvalue weighted by atomic mass is 19.4. The van der Waals surface area contributed by atoms with Crippen LogP contribution in [-0.4, -0.2) is 16.3 Å². The molecule has 2 rings (SSSR count). The maximum Gasteiger partial charge on any atom is 0.389 e. The summed E-state index contributed by atoms with van der Waals surface area (Å²) in [6.45, 7) is 2.10. The summed E-state index contributed by atoms with van der Waals surface area (Å²) in [7, 11) is 0. The number of rotatable bonds is 3. The molecule has 0 amide bonds. The summed E-state index contributed by atoms with van der Waals surface area (Å²) in [6, 6.07) is 0. The standard InChI is InChI=1S/C12H18F3N3O/c1-8-3-2-5-11(16,7-8)10-17-9(19-18-10)4-6-12(13,14)15/h8H,2-7,16H2,1H3. The zero-order valence-electron chi connectivity index (χ0n) is 10.8. The average Bonchev–Trinajstić information content (AvgIpc) is 2.74. The van der Waals surface area contributed by atoms with Crippen LogP contribution in [0.4, 0.5) is 13.2 Å². The van der Waals surface area contributed by atoms with E-state index >= 15 is 0 Å². The molecule has 1 aromatic heterocycles. The first-order chi connectivity index (χ1) is 8.78. The van der Waals surface area contributed by atoms with Gasteiger partial charge in [0.1, 0.15) is 0 Å². The molecule has 4 nitrogen and oxygen atoms in total. The number of hydrogen-bond acceptors (Lipinski definition) is 4. The van der Waals surface area contributed by atoms with Crippen LogP contribution in [0, 0.1) is 5.92 Å². The number of hydrogen-bond donors (Lipinski definition) is 1. The van der Waals surface area contributed by atoms with E-state index in [0.717, 1.165) is 25.7 Å². The minimum Gasteiger partial charge on any atom is -0.339 e. The van der Waals surface area contributed by atoms with Crippen molar-refractivity contribution in [1.82, 2.24) is 10.1 Å². The van der Waals surface area contributed by atoms with E-state index in [-0.39, 0.29) is 12.3 Å². The quantitative estimate of drug-likeness (QED) is 0.922. The van der Waals surface area contributed by atoms with Crippen molar-refractivity contribution in [3.05, 3.63) is 11.7 Å². The number of alkyl halides is 3. The molecule has 1 aromatic rings. The molecule has 0 aromatic carbocycles. The van der Waals surface area contributed by atoms with Crippen LogP contribution in [0.2, 0.25) is 0 Å². The van der Waals surface area contributed by atoms with Gasteiger partial charge in [0.2, 0.25) is 5.89 Å². The Kier molecular flexibility index (Phi) is 3.85. The SMILES string of the molecule is CC1CCCC(N)(c2noc(CCC(F)(F)F)n2)C1. The molecular weight excluding hydrogens is 259 g/mol. The predicted molar refractivity (Wildman–Crippen MR) is 62.2 cm³/mol. The smallest absolute Gasteiger partial charge is 0.339 e. The van der Waals surface area contributed by atoms with Gasteiger partial charge in [-0.25, -0.2) is 0 Å². The third kappa shape index (κ3) is 3.68. The molecule has 0 bridgehead atoms. The van der Waals surface area contributed by atoms with Crippen LogP contribution in [0.5, 0.6) is 0 Å². The van der Waals surface area contributed by atoms with Gasteiger partial charge in [0.15, 0.2) is 5.82 Å². The lowest BCUT2D eigenvalue weighted by Crippen LogP contribution is -2.42. The first-order valence-electron chi connectivity index (χ1n) is 6.47. The maximum atomic E-state index is 12.1. The van der Waals surface area contributed by atoms with E-state index < -0.39 is 18.1 Å². The van der Waals surface area contributed by atoms with Crippen LogP contribution in [0.15, 0.2) is 4.52 Å². The summed E-state index contributed by atoms with van der Waals surface area (Å²) in [4.78, 5) is 4.04. The molecule has 0 aliphatic heterocycles. The molecule has 1 aliphatic carbocycles. The lowest BCUT2D eigenvalue weighted by Gasteiger charge is -2.33. The third-order valence-corrected chi connectivity index (χ3v) is 3.57. The van der Waals surface area contributed by atoms with Gasteiger partial charge in [-0.05, 0) is 18.8 Å². The van der Waals surface area contributed by atoms with Crippen LogP contribution < -0.4 is 5.73 Å². The Balaban J connectivity index is 2.04. The van der Waals surface area contributed by atoms with Crippen molar-refractivity contribution in [3.63, 3.8) is 0 Å². The van der Waals surface area contributed by atoms with Gasteiger partial charge < -0.3 is 10.3 Å². The monoisotopic (exact) mass is 277 g/mol. The zero-order chi connectivity index (χ0) is 14.1. The van der Waals surface area contributed by atoms with Crippen molar-refractivity contribution in [2.24, 2.45) is 11.7 Å². The van der Waals surface area contributed by atoms with Crippen molar-refractivity contribution < 1.29 is 17.7 Å². The Labute approximate surface area is 109 Å². The van der Waals surface area contributed by atoms with Crippen LogP contribution in [-0.2, 0) is 12.0 Å². The van der Waals surface area contributed by atoms with Crippen molar-refractivity contribution in [1.29, 1.82) is 0 Å². The van der Waals surface area contributed by atoms with Gasteiger partial charge in [-0.2, -0.15) is 18.2 Å². The van der Waals surface area contributed by atoms with E-state index in [1.807, 2.05) is 0 Å². The third-order valence-electron chi connectivity index (χ3n) is 3.57. The molecule has 1 fully saturated rings. The molecule has 7 heteroatoms. The minimum atomic E-state index is -4.21. The van der Waals surface area contributed by atoms with Crippen LogP contribution in [0.25, 0.3) is 0 Å². The van der Waals surface area contributed by atoms with Gasteiger partial charge in [-0.3, -0.25) is 0 Å². The highest BCUT2D eigenvalue weighted by Gasteiger charge is 2.37. The topological polar surface area (TPSA) is 64.9 Å². The van der Waals surface area contributed by atoms with E-state index in [1.54, 1.807) is 0 Å². The van der Waals surface area contributed by atoms with Crippen molar-refractivity contribution >= 4 is 0 Å². The first kappa shape index (κ1) is 14.3. The second kappa shape index (κ2) is 5.11. The van der Waals surface area contributed by atoms with Gasteiger partial charge in [0.25, 0.3) is 0 Å². The van der Waals surface area contributed by atoms with Crippen molar-refractivity contribution in [2.45, 2.75) is 57.2 Å². The van der Waals surface area contributed by atoms with Crippen LogP contribution >= 0.6 is 0 Å². The van der Waals surface area contributed by atoms with Gasteiger partial charge in [-0.1, -0.05) is 24.9 Å². The summed E-state index contributed by atoms with van der Waals surface area (Å²) < 4.78 is 41.2. The molecule has 0 spiro atoms. The Morgan fingerprint density at radius 3 is 2.84 bits per heavy atom.